The van der Waals surface area contributed by atoms with E-state index in [2.05, 4.69) is 5.32 Å². The van der Waals surface area contributed by atoms with Gasteiger partial charge < -0.3 is 15.2 Å². The fraction of sp³-hybridized carbons (Fsp3) is 0.462. The Balaban J connectivity index is 2.70. The zero-order valence-corrected chi connectivity index (χ0v) is 12.3. The van der Waals surface area contributed by atoms with E-state index in [-0.39, 0.29) is 24.9 Å². The number of nitrogens with one attached hydrogen (secondary N) is 1. The maximum atomic E-state index is 11.9. The number of aliphatic hydroxyl groups excluding tert-OH is 1. The summed E-state index contributed by atoms with van der Waals surface area (Å²) in [6.07, 6.45) is 1.16. The van der Waals surface area contributed by atoms with Crippen molar-refractivity contribution in [2.75, 3.05) is 26.6 Å². The summed E-state index contributed by atoms with van der Waals surface area (Å²) in [6, 6.07) is 5.83. The summed E-state index contributed by atoms with van der Waals surface area (Å²) in [7, 11) is -1.61. The average molecular weight is 301 g/mol. The van der Waals surface area contributed by atoms with Gasteiger partial charge in [0.25, 0.3) is 5.91 Å². The Morgan fingerprint density at radius 3 is 2.40 bits per heavy atom. The van der Waals surface area contributed by atoms with Crippen LogP contribution in [0, 0.1) is 0 Å². The van der Waals surface area contributed by atoms with Crippen molar-refractivity contribution in [2.45, 2.75) is 11.8 Å². The van der Waals surface area contributed by atoms with Crippen LogP contribution in [0.4, 0.5) is 0 Å². The third-order valence-electron chi connectivity index (χ3n) is 2.57. The van der Waals surface area contributed by atoms with E-state index in [0.29, 0.717) is 11.1 Å². The molecule has 0 heterocycles. The van der Waals surface area contributed by atoms with Gasteiger partial charge in [-0.3, -0.25) is 4.79 Å². The molecule has 0 bridgehead atoms. The molecule has 20 heavy (non-hydrogen) atoms. The molecule has 1 amide bonds. The van der Waals surface area contributed by atoms with Gasteiger partial charge in [-0.1, -0.05) is 12.1 Å². The Bertz CT molecular complexity index is 538. The number of hydrogen-bond acceptors (Lipinski definition) is 5. The molecule has 0 aliphatic carbocycles. The third kappa shape index (κ3) is 5.68. The highest BCUT2D eigenvalue weighted by Gasteiger charge is 2.13. The third-order valence-corrected chi connectivity index (χ3v) is 3.43. The number of ether oxygens (including phenoxy) is 1. The summed E-state index contributed by atoms with van der Waals surface area (Å²) < 4.78 is 27.2. The molecule has 0 fully saturated rings. The van der Waals surface area contributed by atoms with Crippen LogP contribution >= 0.6 is 0 Å². The van der Waals surface area contributed by atoms with Gasteiger partial charge in [0.15, 0.2) is 9.84 Å². The van der Waals surface area contributed by atoms with Crippen molar-refractivity contribution in [3.8, 4) is 0 Å². The number of hydrogen-bond donors (Lipinski definition) is 2. The Morgan fingerprint density at radius 2 is 1.95 bits per heavy atom. The SMILES string of the molecule is COCC(CO)NC(=O)c1ccc(CS(C)(=O)=O)cc1. The lowest BCUT2D eigenvalue weighted by atomic mass is 10.1. The quantitative estimate of drug-likeness (QED) is 0.737. The summed E-state index contributed by atoms with van der Waals surface area (Å²) >= 11 is 0. The second-order valence-corrected chi connectivity index (χ2v) is 6.72. The minimum atomic E-state index is -3.09. The van der Waals surface area contributed by atoms with Crippen LogP contribution in [0.5, 0.6) is 0 Å². The van der Waals surface area contributed by atoms with Gasteiger partial charge in [-0.15, -0.1) is 0 Å². The molecule has 1 unspecified atom stereocenters. The van der Waals surface area contributed by atoms with Gasteiger partial charge in [0.1, 0.15) is 0 Å². The normalized spacial score (nSPS) is 12.9. The molecule has 1 atom stereocenters. The molecule has 0 aromatic heterocycles. The number of methoxy groups -OCH3 is 1. The second kappa shape index (κ2) is 7.37. The van der Waals surface area contributed by atoms with Crippen molar-refractivity contribution in [2.24, 2.45) is 0 Å². The topological polar surface area (TPSA) is 92.7 Å². The van der Waals surface area contributed by atoms with Crippen molar-refractivity contribution in [1.82, 2.24) is 5.32 Å². The lowest BCUT2D eigenvalue weighted by Crippen LogP contribution is -2.40. The Morgan fingerprint density at radius 1 is 1.35 bits per heavy atom. The fourth-order valence-electron chi connectivity index (χ4n) is 1.67. The van der Waals surface area contributed by atoms with Gasteiger partial charge >= 0.3 is 0 Å². The number of carbonyl (C=O) groups excluding carboxylic acids is 1. The highest BCUT2D eigenvalue weighted by Crippen LogP contribution is 2.08. The second-order valence-electron chi connectivity index (χ2n) is 4.58. The standard InChI is InChI=1S/C13H19NO5S/c1-19-8-12(7-15)14-13(16)11-5-3-10(4-6-11)9-20(2,17)18/h3-6,12,15H,7-9H2,1-2H3,(H,14,16). The van der Waals surface area contributed by atoms with E-state index >= 15 is 0 Å². The number of amides is 1. The van der Waals surface area contributed by atoms with E-state index < -0.39 is 15.9 Å². The predicted octanol–water partition coefficient (Wildman–Crippen LogP) is -0.0317. The smallest absolute Gasteiger partial charge is 0.251 e. The molecule has 112 valence electrons. The lowest BCUT2D eigenvalue weighted by Gasteiger charge is -2.15. The molecule has 0 saturated heterocycles. The molecule has 7 heteroatoms. The van der Waals surface area contributed by atoms with Crippen LogP contribution in [0.15, 0.2) is 24.3 Å². The minimum Gasteiger partial charge on any atom is -0.394 e. The molecule has 2 N–H and O–H groups in total. The number of benzene rings is 1. The molecule has 1 aromatic carbocycles. The van der Waals surface area contributed by atoms with Crippen LogP contribution in [0.2, 0.25) is 0 Å². The van der Waals surface area contributed by atoms with E-state index in [0.717, 1.165) is 6.26 Å². The summed E-state index contributed by atoms with van der Waals surface area (Å²) in [5.41, 5.74) is 1.02. The minimum absolute atomic E-state index is 0.0577. The number of carbonyl (C=O) groups is 1. The molecule has 0 saturated carbocycles. The monoisotopic (exact) mass is 301 g/mol. The predicted molar refractivity (Wildman–Crippen MR) is 75.2 cm³/mol. The highest BCUT2D eigenvalue weighted by molar-refractivity contribution is 7.89. The Kier molecular flexibility index (Phi) is 6.12. The van der Waals surface area contributed by atoms with Gasteiger partial charge in [0.2, 0.25) is 0 Å². The van der Waals surface area contributed by atoms with Crippen LogP contribution < -0.4 is 5.32 Å². The van der Waals surface area contributed by atoms with Gasteiger partial charge in [0.05, 0.1) is 25.0 Å². The van der Waals surface area contributed by atoms with E-state index in [4.69, 9.17) is 9.84 Å². The van der Waals surface area contributed by atoms with Gasteiger partial charge in [-0.05, 0) is 17.7 Å². The van der Waals surface area contributed by atoms with Crippen LogP contribution in [-0.4, -0.2) is 52.1 Å². The van der Waals surface area contributed by atoms with Crippen LogP contribution in [0.25, 0.3) is 0 Å². The summed E-state index contributed by atoms with van der Waals surface area (Å²) in [4.78, 5) is 11.9. The van der Waals surface area contributed by atoms with Gasteiger partial charge in [0, 0.05) is 18.9 Å². The van der Waals surface area contributed by atoms with Crippen molar-refractivity contribution in [1.29, 1.82) is 0 Å². The van der Waals surface area contributed by atoms with E-state index in [1.165, 1.54) is 7.11 Å². The molecule has 6 nitrogen and oxygen atoms in total. The highest BCUT2D eigenvalue weighted by atomic mass is 32.2. The Hall–Kier alpha value is -1.44. The molecule has 1 rings (SSSR count). The number of rotatable bonds is 7. The molecule has 0 radical (unpaired) electrons. The lowest BCUT2D eigenvalue weighted by molar-refractivity contribution is 0.0839. The van der Waals surface area contributed by atoms with E-state index in [1.54, 1.807) is 24.3 Å². The zero-order chi connectivity index (χ0) is 15.2. The fourth-order valence-corrected chi connectivity index (χ4v) is 2.46. The summed E-state index contributed by atoms with van der Waals surface area (Å²) in [6.45, 7) is 0.000143. The van der Waals surface area contributed by atoms with Crippen molar-refractivity contribution < 1.29 is 23.1 Å². The first-order chi connectivity index (χ1) is 9.35. The summed E-state index contributed by atoms with van der Waals surface area (Å²) in [5.74, 6) is -0.398. The van der Waals surface area contributed by atoms with Crippen molar-refractivity contribution in [3.63, 3.8) is 0 Å². The van der Waals surface area contributed by atoms with Crippen LogP contribution in [0.1, 0.15) is 15.9 Å². The first-order valence-electron chi connectivity index (χ1n) is 6.03. The van der Waals surface area contributed by atoms with Gasteiger partial charge in [-0.25, -0.2) is 8.42 Å². The Labute approximate surface area is 118 Å². The maximum absolute atomic E-state index is 11.9. The van der Waals surface area contributed by atoms with Crippen molar-refractivity contribution in [3.05, 3.63) is 35.4 Å². The van der Waals surface area contributed by atoms with E-state index in [9.17, 15) is 13.2 Å². The largest absolute Gasteiger partial charge is 0.394 e. The molecular formula is C13H19NO5S. The first kappa shape index (κ1) is 16.6. The zero-order valence-electron chi connectivity index (χ0n) is 11.5. The number of aliphatic hydroxyl groups is 1. The van der Waals surface area contributed by atoms with Crippen molar-refractivity contribution >= 4 is 15.7 Å². The molecule has 1 aromatic rings. The molecular weight excluding hydrogens is 282 g/mol. The number of sulfone groups is 1. The van der Waals surface area contributed by atoms with Gasteiger partial charge in [-0.2, -0.15) is 0 Å². The first-order valence-corrected chi connectivity index (χ1v) is 8.09. The molecule has 0 aliphatic rings. The summed E-state index contributed by atoms with van der Waals surface area (Å²) in [5, 5.41) is 11.7. The molecule has 0 spiro atoms. The molecule has 0 aliphatic heterocycles. The maximum Gasteiger partial charge on any atom is 0.251 e. The van der Waals surface area contributed by atoms with Crippen LogP contribution in [0.3, 0.4) is 0 Å². The average Bonchev–Trinajstić information content (AvgIpc) is 2.37. The van der Waals surface area contributed by atoms with E-state index in [1.807, 2.05) is 0 Å². The van der Waals surface area contributed by atoms with Crippen LogP contribution in [-0.2, 0) is 20.3 Å².